The van der Waals surface area contributed by atoms with Gasteiger partial charge in [0.05, 0.1) is 0 Å². The number of amides is 1. The van der Waals surface area contributed by atoms with Gasteiger partial charge in [-0.25, -0.2) is 0 Å². The van der Waals surface area contributed by atoms with E-state index < -0.39 is 0 Å². The summed E-state index contributed by atoms with van der Waals surface area (Å²) in [5.74, 6) is 1.82. The zero-order valence-electron chi connectivity index (χ0n) is 19.5. The summed E-state index contributed by atoms with van der Waals surface area (Å²) in [5.41, 5.74) is 4.70. The number of hydrogen-bond acceptors (Lipinski definition) is 4. The summed E-state index contributed by atoms with van der Waals surface area (Å²) in [5, 5.41) is 12.9. The van der Waals surface area contributed by atoms with Gasteiger partial charge in [0, 0.05) is 30.8 Å². The number of carbonyl (C=O) groups excluding carboxylic acids is 1. The molecule has 1 amide bonds. The van der Waals surface area contributed by atoms with Crippen molar-refractivity contribution in [3.05, 3.63) is 107 Å². The van der Waals surface area contributed by atoms with E-state index in [1.165, 1.54) is 16.7 Å². The van der Waals surface area contributed by atoms with E-state index in [-0.39, 0.29) is 5.91 Å². The van der Waals surface area contributed by atoms with Gasteiger partial charge in [-0.15, -0.1) is 10.2 Å². The number of nitrogens with zero attached hydrogens (tertiary/aromatic N) is 3. The molecule has 1 N–H and O–H groups in total. The van der Waals surface area contributed by atoms with E-state index in [2.05, 4.69) is 75.5 Å². The van der Waals surface area contributed by atoms with E-state index in [1.54, 1.807) is 11.8 Å². The molecular weight excluding hydrogens is 440 g/mol. The molecule has 0 aliphatic carbocycles. The van der Waals surface area contributed by atoms with Crippen molar-refractivity contribution in [2.45, 2.75) is 37.8 Å². The van der Waals surface area contributed by atoms with E-state index >= 15 is 0 Å². The summed E-state index contributed by atoms with van der Waals surface area (Å²) in [7, 11) is 0. The van der Waals surface area contributed by atoms with Crippen LogP contribution in [-0.4, -0.2) is 33.0 Å². The van der Waals surface area contributed by atoms with Gasteiger partial charge in [-0.3, -0.25) is 9.36 Å². The van der Waals surface area contributed by atoms with Crippen molar-refractivity contribution in [2.75, 3.05) is 12.3 Å². The summed E-state index contributed by atoms with van der Waals surface area (Å²) in [6, 6.07) is 28.9. The lowest BCUT2D eigenvalue weighted by Crippen LogP contribution is -2.25. The molecule has 1 heterocycles. The Labute approximate surface area is 205 Å². The predicted octanol–water partition coefficient (Wildman–Crippen LogP) is 5.40. The second-order valence-corrected chi connectivity index (χ2v) is 9.34. The van der Waals surface area contributed by atoms with Crippen LogP contribution in [0.4, 0.5) is 0 Å². The maximum absolute atomic E-state index is 12.2. The molecule has 0 unspecified atom stereocenters. The molecule has 0 fully saturated rings. The molecule has 0 spiro atoms. The van der Waals surface area contributed by atoms with Gasteiger partial charge in [-0.1, -0.05) is 84.6 Å². The van der Waals surface area contributed by atoms with E-state index in [0.29, 0.717) is 19.4 Å². The first-order chi connectivity index (χ1) is 16.7. The zero-order chi connectivity index (χ0) is 23.6. The number of aryl methyl sites for hydroxylation is 1. The molecule has 1 aromatic heterocycles. The van der Waals surface area contributed by atoms with Gasteiger partial charge in [-0.2, -0.15) is 0 Å². The summed E-state index contributed by atoms with van der Waals surface area (Å²) in [6.45, 7) is 2.76. The van der Waals surface area contributed by atoms with Crippen molar-refractivity contribution < 1.29 is 4.79 Å². The van der Waals surface area contributed by atoms with E-state index in [1.807, 2.05) is 36.4 Å². The Morgan fingerprint density at radius 3 is 2.38 bits per heavy atom. The van der Waals surface area contributed by atoms with Gasteiger partial charge >= 0.3 is 0 Å². The molecule has 4 rings (SSSR count). The Kier molecular flexibility index (Phi) is 8.52. The lowest BCUT2D eigenvalue weighted by atomic mass is 10.1. The zero-order valence-corrected chi connectivity index (χ0v) is 20.3. The Morgan fingerprint density at radius 2 is 1.65 bits per heavy atom. The van der Waals surface area contributed by atoms with Crippen LogP contribution in [-0.2, 0) is 17.6 Å². The first-order valence-corrected chi connectivity index (χ1v) is 12.7. The van der Waals surface area contributed by atoms with E-state index in [9.17, 15) is 4.79 Å². The van der Waals surface area contributed by atoms with Crippen LogP contribution in [0.25, 0.3) is 5.69 Å². The Bertz CT molecular complexity index is 1190. The van der Waals surface area contributed by atoms with Gasteiger partial charge in [0.2, 0.25) is 5.91 Å². The average Bonchev–Trinajstić information content (AvgIpc) is 3.25. The number of rotatable bonds is 11. The first-order valence-electron chi connectivity index (χ1n) is 11.7. The van der Waals surface area contributed by atoms with Crippen LogP contribution in [0.3, 0.4) is 0 Å². The molecule has 0 radical (unpaired) electrons. The topological polar surface area (TPSA) is 59.8 Å². The van der Waals surface area contributed by atoms with Crippen LogP contribution in [0.5, 0.6) is 0 Å². The minimum atomic E-state index is 0.0986. The summed E-state index contributed by atoms with van der Waals surface area (Å²) >= 11 is 1.65. The fraction of sp³-hybridized carbons (Fsp3) is 0.250. The highest BCUT2D eigenvalue weighted by molar-refractivity contribution is 7.99. The minimum Gasteiger partial charge on any atom is -0.356 e. The number of hydrogen-bond donors (Lipinski definition) is 1. The Morgan fingerprint density at radius 1 is 0.912 bits per heavy atom. The van der Waals surface area contributed by atoms with Crippen molar-refractivity contribution in [1.29, 1.82) is 0 Å². The van der Waals surface area contributed by atoms with Crippen molar-refractivity contribution in [2.24, 2.45) is 0 Å². The molecule has 3 aromatic carbocycles. The van der Waals surface area contributed by atoms with Crippen molar-refractivity contribution in [3.63, 3.8) is 0 Å². The molecule has 0 aliphatic heterocycles. The highest BCUT2D eigenvalue weighted by atomic mass is 32.2. The first kappa shape index (κ1) is 23.8. The van der Waals surface area contributed by atoms with Gasteiger partial charge in [0.1, 0.15) is 5.82 Å². The van der Waals surface area contributed by atoms with Gasteiger partial charge in [0.15, 0.2) is 5.16 Å². The van der Waals surface area contributed by atoms with E-state index in [0.717, 1.165) is 35.3 Å². The number of benzene rings is 3. The van der Waals surface area contributed by atoms with Crippen molar-refractivity contribution in [3.8, 4) is 5.69 Å². The largest absolute Gasteiger partial charge is 0.356 e. The van der Waals surface area contributed by atoms with Gasteiger partial charge in [-0.05, 0) is 48.6 Å². The normalized spacial score (nSPS) is 10.9. The van der Waals surface area contributed by atoms with Crippen LogP contribution in [0.15, 0.2) is 90.1 Å². The quantitative estimate of drug-likeness (QED) is 0.236. The second-order valence-electron chi connectivity index (χ2n) is 8.27. The number of carbonyl (C=O) groups is 1. The number of aromatic nitrogens is 3. The summed E-state index contributed by atoms with van der Waals surface area (Å²) in [6.07, 6.45) is 2.87. The lowest BCUT2D eigenvalue weighted by Gasteiger charge is -2.11. The van der Waals surface area contributed by atoms with Crippen molar-refractivity contribution in [1.82, 2.24) is 20.1 Å². The second kappa shape index (κ2) is 12.2. The van der Waals surface area contributed by atoms with Crippen LogP contribution in [0, 0.1) is 6.92 Å². The molecule has 0 saturated heterocycles. The fourth-order valence-electron chi connectivity index (χ4n) is 3.79. The van der Waals surface area contributed by atoms with Gasteiger partial charge < -0.3 is 5.32 Å². The Hall–Kier alpha value is -3.38. The summed E-state index contributed by atoms with van der Waals surface area (Å²) in [4.78, 5) is 12.2. The molecule has 34 heavy (non-hydrogen) atoms. The van der Waals surface area contributed by atoms with Crippen LogP contribution in [0.2, 0.25) is 0 Å². The average molecular weight is 471 g/mol. The van der Waals surface area contributed by atoms with Crippen LogP contribution in [0.1, 0.15) is 35.4 Å². The van der Waals surface area contributed by atoms with E-state index in [4.69, 9.17) is 0 Å². The molecule has 6 heteroatoms. The molecule has 0 atom stereocenters. The molecule has 0 saturated carbocycles. The van der Waals surface area contributed by atoms with Crippen LogP contribution >= 0.6 is 11.8 Å². The third kappa shape index (κ3) is 6.81. The number of thioether (sulfide) groups is 1. The maximum atomic E-state index is 12.2. The standard InChI is InChI=1S/C28H30N4OS/c1-22-10-8-15-25(20-22)32-26(21-24-13-6-3-7-14-24)30-31-28(32)34-19-9-16-27(33)29-18-17-23-11-4-2-5-12-23/h2-8,10-15,20H,9,16-19,21H2,1H3,(H,29,33). The molecule has 0 bridgehead atoms. The highest BCUT2D eigenvalue weighted by Crippen LogP contribution is 2.25. The SMILES string of the molecule is Cc1cccc(-n2c(Cc3ccccc3)nnc2SCCCC(=O)NCCc2ccccc2)c1. The fourth-order valence-corrected chi connectivity index (χ4v) is 4.70. The van der Waals surface area contributed by atoms with Gasteiger partial charge in [0.25, 0.3) is 0 Å². The lowest BCUT2D eigenvalue weighted by molar-refractivity contribution is -0.121. The van der Waals surface area contributed by atoms with Crippen LogP contribution < -0.4 is 5.32 Å². The molecule has 5 nitrogen and oxygen atoms in total. The highest BCUT2D eigenvalue weighted by Gasteiger charge is 2.15. The summed E-state index contributed by atoms with van der Waals surface area (Å²) < 4.78 is 2.14. The Balaban J connectivity index is 1.33. The molecule has 4 aromatic rings. The number of nitrogens with one attached hydrogen (secondary N) is 1. The third-order valence-corrected chi connectivity index (χ3v) is 6.54. The molecular formula is C28H30N4OS. The molecule has 174 valence electrons. The monoisotopic (exact) mass is 470 g/mol. The maximum Gasteiger partial charge on any atom is 0.220 e. The third-order valence-electron chi connectivity index (χ3n) is 5.52. The molecule has 0 aliphatic rings. The smallest absolute Gasteiger partial charge is 0.220 e. The predicted molar refractivity (Wildman–Crippen MR) is 138 cm³/mol. The minimum absolute atomic E-state index is 0.0986. The van der Waals surface area contributed by atoms with Crippen molar-refractivity contribution >= 4 is 17.7 Å².